The van der Waals surface area contributed by atoms with E-state index in [1.807, 2.05) is 23.5 Å². The van der Waals surface area contributed by atoms with Crippen LogP contribution in [0.5, 0.6) is 0 Å². The van der Waals surface area contributed by atoms with Gasteiger partial charge >= 0.3 is 0 Å². The number of hydrogen-bond acceptors (Lipinski definition) is 3. The van der Waals surface area contributed by atoms with Gasteiger partial charge < -0.3 is 9.32 Å². The molecule has 0 N–H and O–H groups in total. The molecule has 7 aromatic carbocycles. The Bertz CT molecular complexity index is 2450. The zero-order valence-corrected chi connectivity index (χ0v) is 24.0. The van der Waals surface area contributed by atoms with E-state index in [1.54, 1.807) is 0 Å². The van der Waals surface area contributed by atoms with E-state index in [0.29, 0.717) is 0 Å². The van der Waals surface area contributed by atoms with Gasteiger partial charge in [-0.2, -0.15) is 0 Å². The fraction of sp³-hybridized carbons (Fsp3) is 0. The van der Waals surface area contributed by atoms with Crippen LogP contribution in [0.4, 0.5) is 17.1 Å². The maximum atomic E-state index is 6.20. The van der Waals surface area contributed by atoms with Crippen LogP contribution in [0.2, 0.25) is 0 Å². The lowest BCUT2D eigenvalue weighted by Crippen LogP contribution is -2.10. The summed E-state index contributed by atoms with van der Waals surface area (Å²) in [4.78, 5) is 2.41. The molecule has 0 aliphatic carbocycles. The minimum absolute atomic E-state index is 0.921. The zero-order valence-electron chi connectivity index (χ0n) is 23.2. The maximum absolute atomic E-state index is 6.20. The second-order valence-corrected chi connectivity index (χ2v) is 12.1. The standard InChI is InChI=1S/C40H25NOS/c1-2-9-26(10-3-1)27-17-20-30(21-18-27)41(35-13-8-16-39-40(35)33-12-5-7-15-38(33)43-39)31-22-19-28-25-37-34(24-29(28)23-31)32-11-4-6-14-36(32)42-37/h1-25H. The second kappa shape index (κ2) is 9.59. The van der Waals surface area contributed by atoms with Gasteiger partial charge in [-0.1, -0.05) is 91.0 Å². The summed E-state index contributed by atoms with van der Waals surface area (Å²) in [7, 11) is 0. The normalized spacial score (nSPS) is 11.7. The summed E-state index contributed by atoms with van der Waals surface area (Å²) >= 11 is 1.85. The number of thiophene rings is 1. The Morgan fingerprint density at radius 3 is 2.05 bits per heavy atom. The molecule has 0 saturated heterocycles. The van der Waals surface area contributed by atoms with E-state index in [-0.39, 0.29) is 0 Å². The molecule has 0 atom stereocenters. The molecule has 0 unspecified atom stereocenters. The first-order valence-corrected chi connectivity index (χ1v) is 15.3. The Morgan fingerprint density at radius 2 is 1.16 bits per heavy atom. The molecule has 0 aliphatic rings. The third-order valence-corrected chi connectivity index (χ3v) is 9.57. The first-order chi connectivity index (χ1) is 21.3. The van der Waals surface area contributed by atoms with Gasteiger partial charge in [-0.05, 0) is 82.6 Å². The number of rotatable bonds is 4. The van der Waals surface area contributed by atoms with E-state index in [9.17, 15) is 0 Å². The molecule has 3 heteroatoms. The molecule has 0 radical (unpaired) electrons. The summed E-state index contributed by atoms with van der Waals surface area (Å²) in [6.45, 7) is 0. The molecular weight excluding hydrogens is 543 g/mol. The van der Waals surface area contributed by atoms with E-state index in [4.69, 9.17) is 4.42 Å². The molecule has 2 nitrogen and oxygen atoms in total. The average Bonchev–Trinajstić information content (AvgIpc) is 3.63. The minimum Gasteiger partial charge on any atom is -0.456 e. The summed E-state index contributed by atoms with van der Waals surface area (Å²) in [6, 6.07) is 54.4. The third-order valence-electron chi connectivity index (χ3n) is 8.43. The molecule has 0 aliphatic heterocycles. The molecule has 0 spiro atoms. The van der Waals surface area contributed by atoms with Crippen LogP contribution in [0, 0.1) is 0 Å². The summed E-state index contributed by atoms with van der Waals surface area (Å²) < 4.78 is 8.79. The molecule has 0 amide bonds. The predicted octanol–water partition coefficient (Wildman–Crippen LogP) is 12.2. The third kappa shape index (κ3) is 3.93. The Kier molecular flexibility index (Phi) is 5.40. The quantitative estimate of drug-likeness (QED) is 0.210. The van der Waals surface area contributed by atoms with Crippen LogP contribution in [-0.2, 0) is 0 Å². The van der Waals surface area contributed by atoms with E-state index < -0.39 is 0 Å². The molecule has 9 rings (SSSR count). The number of furan rings is 1. The van der Waals surface area contributed by atoms with Crippen molar-refractivity contribution in [3.63, 3.8) is 0 Å². The highest BCUT2D eigenvalue weighted by Gasteiger charge is 2.19. The average molecular weight is 568 g/mol. The molecule has 2 heterocycles. The van der Waals surface area contributed by atoms with E-state index in [0.717, 1.165) is 38.7 Å². The van der Waals surface area contributed by atoms with Gasteiger partial charge in [0.25, 0.3) is 0 Å². The van der Waals surface area contributed by atoms with Crippen LogP contribution >= 0.6 is 11.3 Å². The van der Waals surface area contributed by atoms with Gasteiger partial charge in [0.2, 0.25) is 0 Å². The monoisotopic (exact) mass is 567 g/mol. The van der Waals surface area contributed by atoms with Crippen LogP contribution in [0.25, 0.3) is 64.0 Å². The Balaban J connectivity index is 1.28. The van der Waals surface area contributed by atoms with Crippen LogP contribution in [0.15, 0.2) is 156 Å². The Labute approximate surface area is 252 Å². The van der Waals surface area contributed by atoms with Crippen molar-refractivity contribution in [3.05, 3.63) is 152 Å². The number of fused-ring (bicyclic) bond motifs is 7. The molecule has 0 bridgehead atoms. The van der Waals surface area contributed by atoms with Gasteiger partial charge in [-0.3, -0.25) is 0 Å². The van der Waals surface area contributed by atoms with Gasteiger partial charge in [-0.25, -0.2) is 0 Å². The van der Waals surface area contributed by atoms with Crippen molar-refractivity contribution in [1.29, 1.82) is 0 Å². The first-order valence-electron chi connectivity index (χ1n) is 14.5. The minimum atomic E-state index is 0.921. The van der Waals surface area contributed by atoms with Crippen LogP contribution in [0.1, 0.15) is 0 Å². The van der Waals surface area contributed by atoms with E-state index in [2.05, 4.69) is 144 Å². The highest BCUT2D eigenvalue weighted by Crippen LogP contribution is 2.45. The van der Waals surface area contributed by atoms with E-state index >= 15 is 0 Å². The highest BCUT2D eigenvalue weighted by atomic mass is 32.1. The van der Waals surface area contributed by atoms with Crippen molar-refractivity contribution in [2.24, 2.45) is 0 Å². The fourth-order valence-electron chi connectivity index (χ4n) is 6.40. The van der Waals surface area contributed by atoms with Crippen LogP contribution in [-0.4, -0.2) is 0 Å². The van der Waals surface area contributed by atoms with Crippen LogP contribution in [0.3, 0.4) is 0 Å². The Hall–Kier alpha value is -5.38. The Morgan fingerprint density at radius 1 is 0.442 bits per heavy atom. The number of hydrogen-bond donors (Lipinski definition) is 0. The van der Waals surface area contributed by atoms with Gasteiger partial charge in [0.05, 0.1) is 5.69 Å². The fourth-order valence-corrected chi connectivity index (χ4v) is 7.52. The molecule has 2 aromatic heterocycles. The lowest BCUT2D eigenvalue weighted by molar-refractivity contribution is 0.669. The SMILES string of the molecule is c1ccc(-c2ccc(N(c3ccc4cc5oc6ccccc6c5cc4c3)c3cccc4sc5ccccc5c34)cc2)cc1. The summed E-state index contributed by atoms with van der Waals surface area (Å²) in [5, 5.41) is 7.21. The van der Waals surface area contributed by atoms with Crippen molar-refractivity contribution in [2.75, 3.05) is 4.90 Å². The largest absolute Gasteiger partial charge is 0.456 e. The number of benzene rings is 7. The molecule has 0 saturated carbocycles. The number of para-hydroxylation sites is 1. The lowest BCUT2D eigenvalue weighted by Gasteiger charge is -2.27. The molecule has 43 heavy (non-hydrogen) atoms. The highest BCUT2D eigenvalue weighted by molar-refractivity contribution is 7.26. The summed E-state index contributed by atoms with van der Waals surface area (Å²) in [5.74, 6) is 0. The van der Waals surface area contributed by atoms with Gasteiger partial charge in [-0.15, -0.1) is 11.3 Å². The van der Waals surface area contributed by atoms with E-state index in [1.165, 1.54) is 42.4 Å². The van der Waals surface area contributed by atoms with Crippen molar-refractivity contribution >= 4 is 81.3 Å². The smallest absolute Gasteiger partial charge is 0.136 e. The molecule has 0 fully saturated rings. The van der Waals surface area contributed by atoms with Crippen LogP contribution < -0.4 is 4.90 Å². The van der Waals surface area contributed by atoms with Crippen molar-refractivity contribution in [2.45, 2.75) is 0 Å². The number of nitrogens with zero attached hydrogens (tertiary/aromatic N) is 1. The first kappa shape index (κ1) is 24.2. The van der Waals surface area contributed by atoms with Gasteiger partial charge in [0.1, 0.15) is 11.2 Å². The number of anilines is 3. The van der Waals surface area contributed by atoms with Gasteiger partial charge in [0, 0.05) is 42.3 Å². The zero-order chi connectivity index (χ0) is 28.3. The molecular formula is C40H25NOS. The maximum Gasteiger partial charge on any atom is 0.136 e. The van der Waals surface area contributed by atoms with Crippen molar-refractivity contribution in [1.82, 2.24) is 0 Å². The summed E-state index contributed by atoms with van der Waals surface area (Å²) in [6.07, 6.45) is 0. The van der Waals surface area contributed by atoms with Crippen molar-refractivity contribution in [3.8, 4) is 11.1 Å². The topological polar surface area (TPSA) is 16.4 Å². The van der Waals surface area contributed by atoms with Gasteiger partial charge in [0.15, 0.2) is 0 Å². The lowest BCUT2D eigenvalue weighted by atomic mass is 10.0. The second-order valence-electron chi connectivity index (χ2n) is 11.0. The molecule has 202 valence electrons. The summed E-state index contributed by atoms with van der Waals surface area (Å²) in [5.41, 5.74) is 7.68. The van der Waals surface area contributed by atoms with Crippen molar-refractivity contribution < 1.29 is 4.42 Å². The molecule has 9 aromatic rings. The predicted molar refractivity (Wildman–Crippen MR) is 184 cm³/mol.